The van der Waals surface area contributed by atoms with Crippen molar-refractivity contribution >= 4 is 22.5 Å². The molecule has 0 saturated carbocycles. The normalized spacial score (nSPS) is 10.7. The van der Waals surface area contributed by atoms with Crippen LogP contribution in [0.5, 0.6) is 17.2 Å². The van der Waals surface area contributed by atoms with Crippen molar-refractivity contribution < 1.29 is 9.84 Å². The van der Waals surface area contributed by atoms with Gasteiger partial charge in [-0.2, -0.15) is 0 Å². The molecule has 3 rings (SSSR count). The molecule has 1 heterocycles. The van der Waals surface area contributed by atoms with Crippen molar-refractivity contribution in [3.05, 3.63) is 63.9 Å². The lowest BCUT2D eigenvalue weighted by atomic mass is 10.2. The second-order valence-electron chi connectivity index (χ2n) is 4.28. The maximum atomic E-state index is 11.3. The van der Waals surface area contributed by atoms with E-state index in [4.69, 9.17) is 16.3 Å². The number of ether oxygens (including phenoxy) is 1. The van der Waals surface area contributed by atoms with Crippen molar-refractivity contribution in [3.8, 4) is 17.2 Å². The number of aromatic nitrogens is 1. The Balaban J connectivity index is 2.00. The van der Waals surface area contributed by atoms with Crippen LogP contribution in [0.1, 0.15) is 0 Å². The molecule has 0 aliphatic rings. The standard InChI is InChI=1S/C15H10ClNO3/c16-9-1-3-10(4-2-9)20-11-5-6-13-12(7-11)14(18)8-15(19)17-13/h1-8H,(H2,17,18,19). The lowest BCUT2D eigenvalue weighted by Crippen LogP contribution is -2.02. The van der Waals surface area contributed by atoms with Crippen molar-refractivity contribution in [2.45, 2.75) is 0 Å². The summed E-state index contributed by atoms with van der Waals surface area (Å²) in [6.07, 6.45) is 0. The van der Waals surface area contributed by atoms with Gasteiger partial charge >= 0.3 is 0 Å². The van der Waals surface area contributed by atoms with Crippen LogP contribution in [0.3, 0.4) is 0 Å². The van der Waals surface area contributed by atoms with Crippen LogP contribution >= 0.6 is 11.6 Å². The Kier molecular flexibility index (Phi) is 3.08. The number of hydrogen-bond acceptors (Lipinski definition) is 3. The number of H-pyrrole nitrogens is 1. The number of halogens is 1. The minimum atomic E-state index is -0.346. The molecule has 100 valence electrons. The summed E-state index contributed by atoms with van der Waals surface area (Å²) in [5, 5.41) is 10.9. The minimum absolute atomic E-state index is 0.0784. The van der Waals surface area contributed by atoms with Crippen LogP contribution in [0.2, 0.25) is 5.02 Å². The molecule has 2 N–H and O–H groups in total. The van der Waals surface area contributed by atoms with E-state index in [1.807, 2.05) is 0 Å². The first-order valence-electron chi connectivity index (χ1n) is 5.91. The van der Waals surface area contributed by atoms with Crippen LogP contribution in [-0.4, -0.2) is 10.1 Å². The van der Waals surface area contributed by atoms with Crippen molar-refractivity contribution in [3.63, 3.8) is 0 Å². The fourth-order valence-corrected chi connectivity index (χ4v) is 2.04. The molecule has 2 aromatic carbocycles. The van der Waals surface area contributed by atoms with E-state index in [-0.39, 0.29) is 11.3 Å². The van der Waals surface area contributed by atoms with Crippen molar-refractivity contribution in [2.24, 2.45) is 0 Å². The Hall–Kier alpha value is -2.46. The van der Waals surface area contributed by atoms with Crippen LogP contribution in [0.15, 0.2) is 53.3 Å². The summed E-state index contributed by atoms with van der Waals surface area (Å²) in [5.74, 6) is 1.12. The van der Waals surface area contributed by atoms with Gasteiger partial charge in [0.05, 0.1) is 5.52 Å². The molecule has 5 heteroatoms. The zero-order valence-corrected chi connectivity index (χ0v) is 11.0. The van der Waals surface area contributed by atoms with Gasteiger partial charge in [-0.05, 0) is 42.5 Å². The molecule has 0 bridgehead atoms. The average molecular weight is 288 g/mol. The highest BCUT2D eigenvalue weighted by Gasteiger charge is 2.05. The topological polar surface area (TPSA) is 62.3 Å². The Morgan fingerprint density at radius 3 is 2.45 bits per heavy atom. The van der Waals surface area contributed by atoms with E-state index in [0.717, 1.165) is 6.07 Å². The SMILES string of the molecule is O=c1cc(O)c2cc(Oc3ccc(Cl)cc3)ccc2[nH]1. The zero-order valence-electron chi connectivity index (χ0n) is 10.3. The number of benzene rings is 2. The van der Waals surface area contributed by atoms with Crippen LogP contribution < -0.4 is 10.3 Å². The highest BCUT2D eigenvalue weighted by molar-refractivity contribution is 6.30. The number of hydrogen-bond donors (Lipinski definition) is 2. The molecule has 3 aromatic rings. The Labute approximate surface area is 119 Å². The largest absolute Gasteiger partial charge is 0.507 e. The summed E-state index contributed by atoms with van der Waals surface area (Å²) in [7, 11) is 0. The highest BCUT2D eigenvalue weighted by atomic mass is 35.5. The molecule has 4 nitrogen and oxygen atoms in total. The first-order valence-corrected chi connectivity index (χ1v) is 6.29. The van der Waals surface area contributed by atoms with Crippen LogP contribution in [-0.2, 0) is 0 Å². The van der Waals surface area contributed by atoms with E-state index in [0.29, 0.717) is 27.4 Å². The van der Waals surface area contributed by atoms with Gasteiger partial charge in [-0.1, -0.05) is 11.6 Å². The van der Waals surface area contributed by atoms with E-state index in [1.54, 1.807) is 42.5 Å². The molecule has 0 amide bonds. The molecule has 0 fully saturated rings. The number of fused-ring (bicyclic) bond motifs is 1. The van der Waals surface area contributed by atoms with E-state index in [1.165, 1.54) is 0 Å². The highest BCUT2D eigenvalue weighted by Crippen LogP contribution is 2.29. The van der Waals surface area contributed by atoms with E-state index >= 15 is 0 Å². The summed E-state index contributed by atoms with van der Waals surface area (Å²) in [6.45, 7) is 0. The molecule has 0 aliphatic heterocycles. The fourth-order valence-electron chi connectivity index (χ4n) is 1.92. The van der Waals surface area contributed by atoms with Gasteiger partial charge in [-0.15, -0.1) is 0 Å². The third-order valence-corrected chi connectivity index (χ3v) is 3.09. The number of aromatic hydroxyl groups is 1. The molecular formula is C15H10ClNO3. The number of nitrogens with one attached hydrogen (secondary N) is 1. The predicted octanol–water partition coefficient (Wildman–Crippen LogP) is 3.68. The molecule has 0 aliphatic carbocycles. The van der Waals surface area contributed by atoms with Gasteiger partial charge in [0.2, 0.25) is 0 Å². The first-order chi connectivity index (χ1) is 9.61. The van der Waals surface area contributed by atoms with E-state index in [9.17, 15) is 9.90 Å². The lowest BCUT2D eigenvalue weighted by Gasteiger charge is -2.07. The molecule has 0 spiro atoms. The van der Waals surface area contributed by atoms with Gasteiger partial charge in [0.25, 0.3) is 5.56 Å². The van der Waals surface area contributed by atoms with Crippen LogP contribution in [0, 0.1) is 0 Å². The predicted molar refractivity (Wildman–Crippen MR) is 77.8 cm³/mol. The minimum Gasteiger partial charge on any atom is -0.507 e. The first kappa shape index (κ1) is 12.6. The quantitative estimate of drug-likeness (QED) is 0.756. The number of aromatic amines is 1. The Morgan fingerprint density at radius 2 is 1.70 bits per heavy atom. The van der Waals surface area contributed by atoms with Gasteiger partial charge in [0.1, 0.15) is 17.2 Å². The maximum absolute atomic E-state index is 11.3. The van der Waals surface area contributed by atoms with Gasteiger partial charge in [-0.3, -0.25) is 4.79 Å². The molecule has 0 saturated heterocycles. The van der Waals surface area contributed by atoms with Crippen molar-refractivity contribution in [1.29, 1.82) is 0 Å². The summed E-state index contributed by atoms with van der Waals surface area (Å²) < 4.78 is 5.66. The van der Waals surface area contributed by atoms with Gasteiger partial charge in [0.15, 0.2) is 0 Å². The van der Waals surface area contributed by atoms with E-state index < -0.39 is 0 Å². The number of pyridine rings is 1. The molecule has 0 atom stereocenters. The summed E-state index contributed by atoms with van der Waals surface area (Å²) in [5.41, 5.74) is 0.208. The maximum Gasteiger partial charge on any atom is 0.252 e. The summed E-state index contributed by atoms with van der Waals surface area (Å²) in [4.78, 5) is 13.9. The smallest absolute Gasteiger partial charge is 0.252 e. The second kappa shape index (κ2) is 4.90. The monoisotopic (exact) mass is 287 g/mol. The third kappa shape index (κ3) is 2.46. The molecule has 1 aromatic heterocycles. The molecule has 20 heavy (non-hydrogen) atoms. The number of rotatable bonds is 2. The molecule has 0 unspecified atom stereocenters. The fraction of sp³-hybridized carbons (Fsp3) is 0. The summed E-state index contributed by atoms with van der Waals surface area (Å²) in [6, 6.07) is 13.1. The van der Waals surface area contributed by atoms with Crippen LogP contribution in [0.25, 0.3) is 10.9 Å². The van der Waals surface area contributed by atoms with Crippen LogP contribution in [0.4, 0.5) is 0 Å². The Morgan fingerprint density at radius 1 is 1.00 bits per heavy atom. The zero-order chi connectivity index (χ0) is 14.1. The Bertz CT molecular complexity index is 825. The molecule has 0 radical (unpaired) electrons. The average Bonchev–Trinajstić information content (AvgIpc) is 2.42. The summed E-state index contributed by atoms with van der Waals surface area (Å²) >= 11 is 5.81. The second-order valence-corrected chi connectivity index (χ2v) is 4.72. The van der Waals surface area contributed by atoms with E-state index in [2.05, 4.69) is 4.98 Å². The van der Waals surface area contributed by atoms with Crippen molar-refractivity contribution in [2.75, 3.05) is 0 Å². The van der Waals surface area contributed by atoms with Gasteiger partial charge in [-0.25, -0.2) is 0 Å². The molecular weight excluding hydrogens is 278 g/mol. The van der Waals surface area contributed by atoms with Gasteiger partial charge in [0, 0.05) is 16.5 Å². The van der Waals surface area contributed by atoms with Gasteiger partial charge < -0.3 is 14.8 Å². The third-order valence-electron chi connectivity index (χ3n) is 2.84. The van der Waals surface area contributed by atoms with Crippen molar-refractivity contribution in [1.82, 2.24) is 4.98 Å². The lowest BCUT2D eigenvalue weighted by molar-refractivity contribution is 0.475.